The van der Waals surface area contributed by atoms with Crippen molar-refractivity contribution in [2.45, 2.75) is 116 Å². The normalized spacial score (nSPS) is 13.6. The molecule has 0 aliphatic heterocycles. The number of anilines is 1. The zero-order valence-electron chi connectivity index (χ0n) is 34.0. The Bertz CT molecular complexity index is 1990. The molecule has 0 bridgehead atoms. The number of hydrogen-bond acceptors (Lipinski definition) is 13. The lowest BCUT2D eigenvalue weighted by atomic mass is 10.00. The van der Waals surface area contributed by atoms with Crippen molar-refractivity contribution in [3.8, 4) is 16.3 Å². The molecule has 0 spiro atoms. The SMILES string of the molecule is CC(C)(C)OC(=O)N[C@H](CN(C(=O)OC(C)(C)C)c1nnc(-c2ccc([N+](=O)[O-])c(OC(=O)CC(=O)O)c2)s1)[C@@H](O[Si](C)(C)C(C)(C)C)c1ccc(C(F)(F)F)cc1. The molecule has 1 heterocycles. The molecule has 0 aliphatic rings. The van der Waals surface area contributed by atoms with Crippen LogP contribution in [0.15, 0.2) is 42.5 Å². The van der Waals surface area contributed by atoms with Gasteiger partial charge in [0.15, 0.2) is 8.32 Å². The minimum atomic E-state index is -4.64. The fourth-order valence-corrected chi connectivity index (χ4v) is 6.89. The number of carbonyl (C=O) groups excluding carboxylic acids is 3. The molecule has 16 nitrogen and oxygen atoms in total. The van der Waals surface area contributed by atoms with Gasteiger partial charge in [-0.3, -0.25) is 19.7 Å². The van der Waals surface area contributed by atoms with E-state index in [2.05, 4.69) is 15.5 Å². The summed E-state index contributed by atoms with van der Waals surface area (Å²) in [6.45, 7) is 18.9. The third-order valence-electron chi connectivity index (χ3n) is 8.42. The number of amides is 2. The van der Waals surface area contributed by atoms with Crippen molar-refractivity contribution in [1.82, 2.24) is 15.5 Å². The molecule has 3 aromatic rings. The van der Waals surface area contributed by atoms with Gasteiger partial charge < -0.3 is 29.1 Å². The minimum Gasteiger partial charge on any atom is -0.481 e. The molecule has 318 valence electrons. The number of benzene rings is 2. The second kappa shape index (κ2) is 17.8. The van der Waals surface area contributed by atoms with Crippen molar-refractivity contribution in [1.29, 1.82) is 0 Å². The van der Waals surface area contributed by atoms with E-state index < -0.39 is 102 Å². The molecule has 1 aromatic heterocycles. The molecule has 2 amide bonds. The van der Waals surface area contributed by atoms with Gasteiger partial charge in [-0.15, -0.1) is 10.2 Å². The summed E-state index contributed by atoms with van der Waals surface area (Å²) in [5, 5.41) is 31.3. The number of ether oxygens (including phenoxy) is 3. The van der Waals surface area contributed by atoms with E-state index in [0.717, 1.165) is 40.5 Å². The topological polar surface area (TPSA) is 210 Å². The van der Waals surface area contributed by atoms with Crippen molar-refractivity contribution in [3.05, 3.63) is 63.7 Å². The van der Waals surface area contributed by atoms with Crippen LogP contribution < -0.4 is 15.0 Å². The van der Waals surface area contributed by atoms with Crippen LogP contribution in [0.2, 0.25) is 18.1 Å². The van der Waals surface area contributed by atoms with Crippen LogP contribution in [0.4, 0.5) is 33.6 Å². The van der Waals surface area contributed by atoms with E-state index in [4.69, 9.17) is 23.7 Å². The molecule has 2 atom stereocenters. The van der Waals surface area contributed by atoms with E-state index in [9.17, 15) is 42.5 Å². The molecular weight excluding hydrogens is 808 g/mol. The van der Waals surface area contributed by atoms with Crippen LogP contribution in [0.1, 0.15) is 86.0 Å². The summed E-state index contributed by atoms with van der Waals surface area (Å²) in [5.74, 6) is -3.36. The van der Waals surface area contributed by atoms with Gasteiger partial charge >= 0.3 is 36.0 Å². The Morgan fingerprint density at radius 1 is 0.931 bits per heavy atom. The average Bonchev–Trinajstić information content (AvgIpc) is 3.52. The quantitative estimate of drug-likeness (QED) is 0.0411. The molecule has 0 saturated carbocycles. The van der Waals surface area contributed by atoms with Gasteiger partial charge in [-0.25, -0.2) is 14.5 Å². The van der Waals surface area contributed by atoms with Crippen molar-refractivity contribution in [2.75, 3.05) is 11.4 Å². The second-order valence-electron chi connectivity index (χ2n) is 16.6. The predicted octanol–water partition coefficient (Wildman–Crippen LogP) is 8.91. The molecule has 3 rings (SSSR count). The monoisotopic (exact) mass is 855 g/mol. The average molecular weight is 856 g/mol. The Kier molecular flexibility index (Phi) is 14.5. The smallest absolute Gasteiger partial charge is 0.416 e. The predicted molar refractivity (Wildman–Crippen MR) is 209 cm³/mol. The molecule has 58 heavy (non-hydrogen) atoms. The first-order chi connectivity index (χ1) is 26.4. The summed E-state index contributed by atoms with van der Waals surface area (Å²) in [5.41, 5.74) is -3.23. The molecule has 0 saturated heterocycles. The number of aromatic nitrogens is 2. The lowest BCUT2D eigenvalue weighted by molar-refractivity contribution is -0.385. The summed E-state index contributed by atoms with van der Waals surface area (Å²) in [6, 6.07) is 6.39. The van der Waals surface area contributed by atoms with E-state index in [1.807, 2.05) is 33.9 Å². The fraction of sp³-hybridized carbons (Fsp3) is 0.514. The zero-order valence-corrected chi connectivity index (χ0v) is 35.8. The number of halogens is 3. The number of nitrogens with zero attached hydrogens (tertiary/aromatic N) is 4. The summed E-state index contributed by atoms with van der Waals surface area (Å²) >= 11 is 0.799. The standard InChI is InChI=1S/C37H48F3N5O11SSi/c1-34(2,3)54-32(49)41-24(29(56-58(10,11)36(7,8)9)21-12-15-23(16-13-21)37(38,39)40)20-44(33(50)55-35(4,5)6)31-43-42-30(57-31)22-14-17-25(45(51)52)26(18-22)53-28(48)19-27(46)47/h12-18,24,29H,19-20H2,1-11H3,(H,41,49)(H,46,47)/t24-,29+/m1/s1. The first-order valence-electron chi connectivity index (χ1n) is 17.8. The summed E-state index contributed by atoms with van der Waals surface area (Å²) < 4.78 is 64.2. The van der Waals surface area contributed by atoms with Crippen molar-refractivity contribution < 1.29 is 61.0 Å². The van der Waals surface area contributed by atoms with Crippen LogP contribution in [-0.4, -0.2) is 76.5 Å². The molecule has 0 radical (unpaired) electrons. The number of esters is 1. The van der Waals surface area contributed by atoms with E-state index >= 15 is 0 Å². The van der Waals surface area contributed by atoms with Crippen molar-refractivity contribution in [2.24, 2.45) is 0 Å². The van der Waals surface area contributed by atoms with Crippen LogP contribution in [0.5, 0.6) is 5.75 Å². The van der Waals surface area contributed by atoms with Crippen LogP contribution in [0.3, 0.4) is 0 Å². The van der Waals surface area contributed by atoms with E-state index in [-0.39, 0.29) is 21.3 Å². The largest absolute Gasteiger partial charge is 0.481 e. The maximum Gasteiger partial charge on any atom is 0.416 e. The van der Waals surface area contributed by atoms with Crippen molar-refractivity contribution >= 4 is 54.6 Å². The first kappa shape index (κ1) is 47.2. The number of carbonyl (C=O) groups is 4. The third kappa shape index (κ3) is 13.5. The van der Waals surface area contributed by atoms with Gasteiger partial charge in [0.1, 0.15) is 22.6 Å². The van der Waals surface area contributed by atoms with E-state index in [1.165, 1.54) is 18.2 Å². The van der Waals surface area contributed by atoms with Gasteiger partial charge in [-0.1, -0.05) is 44.2 Å². The van der Waals surface area contributed by atoms with Crippen LogP contribution in [0.25, 0.3) is 10.6 Å². The molecule has 0 aliphatic carbocycles. The molecule has 21 heteroatoms. The number of alkyl carbamates (subject to hydrolysis) is 1. The van der Waals surface area contributed by atoms with Crippen LogP contribution in [-0.2, 0) is 29.7 Å². The number of nitrogens with one attached hydrogen (secondary N) is 1. The highest BCUT2D eigenvalue weighted by molar-refractivity contribution is 7.18. The van der Waals surface area contributed by atoms with Crippen LogP contribution in [0, 0.1) is 10.1 Å². The molecule has 2 N–H and O–H groups in total. The van der Waals surface area contributed by atoms with E-state index in [0.29, 0.717) is 0 Å². The third-order valence-corrected chi connectivity index (χ3v) is 13.9. The maximum absolute atomic E-state index is 14.1. The zero-order chi connectivity index (χ0) is 44.2. The highest BCUT2D eigenvalue weighted by Gasteiger charge is 2.43. The molecule has 0 fully saturated rings. The fourth-order valence-electron chi connectivity index (χ4n) is 4.76. The summed E-state index contributed by atoms with van der Waals surface area (Å²) in [6.07, 6.45) is -8.77. The minimum absolute atomic E-state index is 0.0578. The number of aliphatic carboxylic acids is 1. The Hall–Kier alpha value is -5.15. The Labute approximate surface area is 338 Å². The lowest BCUT2D eigenvalue weighted by Crippen LogP contribution is -2.54. The highest BCUT2D eigenvalue weighted by atomic mass is 32.1. The number of rotatable bonds is 13. The number of carboxylic acids is 1. The first-order valence-corrected chi connectivity index (χ1v) is 21.5. The van der Waals surface area contributed by atoms with Gasteiger partial charge in [0.2, 0.25) is 10.9 Å². The number of nitro benzene ring substituents is 1. The number of hydrogen-bond donors (Lipinski definition) is 2. The van der Waals surface area contributed by atoms with Gasteiger partial charge in [-0.2, -0.15) is 13.2 Å². The summed E-state index contributed by atoms with van der Waals surface area (Å²) in [7, 11) is -2.83. The van der Waals surface area contributed by atoms with Gasteiger partial charge in [0.05, 0.1) is 29.2 Å². The summed E-state index contributed by atoms with van der Waals surface area (Å²) in [4.78, 5) is 62.6. The van der Waals surface area contributed by atoms with Gasteiger partial charge in [-0.05, 0) is 89.5 Å². The second-order valence-corrected chi connectivity index (χ2v) is 22.3. The number of nitro groups is 1. The Morgan fingerprint density at radius 3 is 2.02 bits per heavy atom. The molecule has 2 aromatic carbocycles. The maximum atomic E-state index is 14.1. The van der Waals surface area contributed by atoms with Gasteiger partial charge in [0, 0.05) is 11.6 Å². The number of carboxylic acid groups (broad SMARTS) is 1. The number of alkyl halides is 3. The van der Waals surface area contributed by atoms with Crippen molar-refractivity contribution in [3.63, 3.8) is 0 Å². The Balaban J connectivity index is 2.24. The Morgan fingerprint density at radius 2 is 1.52 bits per heavy atom. The lowest BCUT2D eigenvalue weighted by Gasteiger charge is -2.42. The van der Waals surface area contributed by atoms with Gasteiger partial charge in [0.25, 0.3) is 0 Å². The molecule has 0 unspecified atom stereocenters. The highest BCUT2D eigenvalue weighted by Crippen LogP contribution is 2.42. The molecular formula is C37H48F3N5O11SSi. The van der Waals surface area contributed by atoms with Crippen LogP contribution >= 0.6 is 11.3 Å². The van der Waals surface area contributed by atoms with E-state index in [1.54, 1.807) is 41.5 Å².